The highest BCUT2D eigenvalue weighted by Gasteiger charge is 2.50. The van der Waals surface area contributed by atoms with Crippen LogP contribution in [0.3, 0.4) is 0 Å². The second-order valence-electron chi connectivity index (χ2n) is 4.90. The molecule has 3 nitrogen and oxygen atoms in total. The van der Waals surface area contributed by atoms with Crippen LogP contribution < -0.4 is 10.2 Å². The lowest BCUT2D eigenvalue weighted by molar-refractivity contribution is -0.124. The summed E-state index contributed by atoms with van der Waals surface area (Å²) >= 11 is 0. The standard InChI is InChI=1S/C14H18N2O.ClH/c1-2-16-12-6-4-3-5-11(12)14(13(16)17)7-9-15-10-8-14;/h3-6,15H,2,7-10H2,1H3;1H. The van der Waals surface area contributed by atoms with Crippen molar-refractivity contribution in [2.45, 2.75) is 25.2 Å². The Morgan fingerprint density at radius 1 is 1.28 bits per heavy atom. The van der Waals surface area contributed by atoms with E-state index in [1.54, 1.807) is 0 Å². The van der Waals surface area contributed by atoms with Crippen LogP contribution in [0.2, 0.25) is 0 Å². The maximum absolute atomic E-state index is 12.7. The lowest BCUT2D eigenvalue weighted by atomic mass is 9.74. The number of nitrogens with one attached hydrogen (secondary N) is 1. The largest absolute Gasteiger partial charge is 0.317 e. The Hall–Kier alpha value is -1.06. The summed E-state index contributed by atoms with van der Waals surface area (Å²) in [5.41, 5.74) is 2.13. The van der Waals surface area contributed by atoms with Gasteiger partial charge in [-0.1, -0.05) is 18.2 Å². The topological polar surface area (TPSA) is 32.3 Å². The van der Waals surface area contributed by atoms with Crippen LogP contribution >= 0.6 is 12.4 Å². The molecule has 0 bridgehead atoms. The van der Waals surface area contributed by atoms with Crippen molar-refractivity contribution in [3.8, 4) is 0 Å². The highest BCUT2D eigenvalue weighted by Crippen LogP contribution is 2.46. The molecule has 1 aromatic carbocycles. The number of anilines is 1. The molecule has 0 saturated carbocycles. The van der Waals surface area contributed by atoms with Crippen molar-refractivity contribution in [1.82, 2.24) is 5.32 Å². The molecule has 1 N–H and O–H groups in total. The number of benzene rings is 1. The Kier molecular flexibility index (Phi) is 3.64. The van der Waals surface area contributed by atoms with Gasteiger partial charge in [-0.15, -0.1) is 12.4 Å². The highest BCUT2D eigenvalue weighted by molar-refractivity contribution is 6.08. The summed E-state index contributed by atoms with van der Waals surface area (Å²) < 4.78 is 0. The first-order valence-corrected chi connectivity index (χ1v) is 6.42. The van der Waals surface area contributed by atoms with E-state index in [0.29, 0.717) is 5.91 Å². The van der Waals surface area contributed by atoms with Gasteiger partial charge in [0.2, 0.25) is 5.91 Å². The van der Waals surface area contributed by atoms with E-state index < -0.39 is 0 Å². The van der Waals surface area contributed by atoms with Crippen molar-refractivity contribution < 1.29 is 4.79 Å². The second kappa shape index (κ2) is 4.90. The van der Waals surface area contributed by atoms with Gasteiger partial charge in [-0.25, -0.2) is 0 Å². The lowest BCUT2D eigenvalue weighted by Crippen LogP contribution is -2.47. The number of halogens is 1. The Balaban J connectivity index is 0.00000120. The van der Waals surface area contributed by atoms with Crippen molar-refractivity contribution in [3.63, 3.8) is 0 Å². The summed E-state index contributed by atoms with van der Waals surface area (Å²) in [5, 5.41) is 3.35. The number of amides is 1. The zero-order valence-corrected chi connectivity index (χ0v) is 11.4. The molecule has 1 saturated heterocycles. The number of hydrogen-bond acceptors (Lipinski definition) is 2. The molecule has 1 fully saturated rings. The maximum Gasteiger partial charge on any atom is 0.237 e. The van der Waals surface area contributed by atoms with Crippen LogP contribution in [0.1, 0.15) is 25.3 Å². The first-order valence-electron chi connectivity index (χ1n) is 6.42. The lowest BCUT2D eigenvalue weighted by Gasteiger charge is -2.32. The van der Waals surface area contributed by atoms with Crippen LogP contribution in [0.25, 0.3) is 0 Å². The summed E-state index contributed by atoms with van der Waals surface area (Å²) in [6, 6.07) is 8.28. The van der Waals surface area contributed by atoms with E-state index in [0.717, 1.165) is 38.2 Å². The molecule has 4 heteroatoms. The summed E-state index contributed by atoms with van der Waals surface area (Å²) in [5.74, 6) is 0.308. The molecule has 1 aromatic rings. The van der Waals surface area contributed by atoms with Gasteiger partial charge in [0.25, 0.3) is 0 Å². The van der Waals surface area contributed by atoms with Gasteiger partial charge in [0.05, 0.1) is 5.41 Å². The summed E-state index contributed by atoms with van der Waals surface area (Å²) in [6.07, 6.45) is 1.86. The minimum atomic E-state index is -0.238. The molecule has 2 heterocycles. The fourth-order valence-electron chi connectivity index (χ4n) is 3.25. The van der Waals surface area contributed by atoms with E-state index >= 15 is 0 Å². The quantitative estimate of drug-likeness (QED) is 0.844. The molecule has 1 spiro atoms. The molecule has 0 unspecified atom stereocenters. The third-order valence-corrected chi connectivity index (χ3v) is 4.14. The van der Waals surface area contributed by atoms with Gasteiger partial charge in [-0.3, -0.25) is 4.79 Å². The summed E-state index contributed by atoms with van der Waals surface area (Å²) in [6.45, 7) is 4.70. The molecule has 18 heavy (non-hydrogen) atoms. The molecule has 0 aliphatic carbocycles. The van der Waals surface area contributed by atoms with Crippen LogP contribution in [0.5, 0.6) is 0 Å². The van der Waals surface area contributed by atoms with Crippen LogP contribution in [0.4, 0.5) is 5.69 Å². The van der Waals surface area contributed by atoms with Crippen LogP contribution in [-0.4, -0.2) is 25.5 Å². The van der Waals surface area contributed by atoms with Gasteiger partial charge in [0.15, 0.2) is 0 Å². The summed E-state index contributed by atoms with van der Waals surface area (Å²) in [4.78, 5) is 14.6. The van der Waals surface area contributed by atoms with Crippen molar-refractivity contribution in [2.75, 3.05) is 24.5 Å². The minimum absolute atomic E-state index is 0. The summed E-state index contributed by atoms with van der Waals surface area (Å²) in [7, 11) is 0. The monoisotopic (exact) mass is 266 g/mol. The number of rotatable bonds is 1. The second-order valence-corrected chi connectivity index (χ2v) is 4.90. The van der Waals surface area contributed by atoms with E-state index in [-0.39, 0.29) is 17.8 Å². The maximum atomic E-state index is 12.7. The van der Waals surface area contributed by atoms with Crippen LogP contribution in [0.15, 0.2) is 24.3 Å². The molecule has 1 amide bonds. The molecular formula is C14H19ClN2O. The van der Waals surface area contributed by atoms with Gasteiger partial charge in [-0.05, 0) is 44.5 Å². The number of likely N-dealkylation sites (N-methyl/N-ethyl adjacent to an activating group) is 1. The van der Waals surface area contributed by atoms with E-state index in [1.807, 2.05) is 11.0 Å². The minimum Gasteiger partial charge on any atom is -0.317 e. The van der Waals surface area contributed by atoms with Gasteiger partial charge in [0, 0.05) is 12.2 Å². The fraction of sp³-hybridized carbons (Fsp3) is 0.500. The van der Waals surface area contributed by atoms with Crippen LogP contribution in [0, 0.1) is 0 Å². The van der Waals surface area contributed by atoms with E-state index in [1.165, 1.54) is 5.56 Å². The number of fused-ring (bicyclic) bond motifs is 2. The Morgan fingerprint density at radius 3 is 2.61 bits per heavy atom. The Bertz CT molecular complexity index is 455. The van der Waals surface area contributed by atoms with Gasteiger partial charge >= 0.3 is 0 Å². The molecule has 98 valence electrons. The number of carbonyl (C=O) groups excluding carboxylic acids is 1. The molecule has 3 rings (SSSR count). The number of hydrogen-bond donors (Lipinski definition) is 1. The zero-order valence-electron chi connectivity index (χ0n) is 10.6. The predicted molar refractivity (Wildman–Crippen MR) is 75.5 cm³/mol. The van der Waals surface area contributed by atoms with Crippen molar-refractivity contribution in [3.05, 3.63) is 29.8 Å². The highest BCUT2D eigenvalue weighted by atomic mass is 35.5. The molecule has 0 atom stereocenters. The van der Waals surface area contributed by atoms with Gasteiger partial charge in [-0.2, -0.15) is 0 Å². The van der Waals surface area contributed by atoms with Crippen molar-refractivity contribution in [1.29, 1.82) is 0 Å². The normalized spacial score (nSPS) is 20.7. The van der Waals surface area contributed by atoms with Crippen LogP contribution in [-0.2, 0) is 10.2 Å². The molecular weight excluding hydrogens is 248 g/mol. The first kappa shape index (κ1) is 13.4. The van der Waals surface area contributed by atoms with Gasteiger partial charge in [0.1, 0.15) is 0 Å². The third-order valence-electron chi connectivity index (χ3n) is 4.14. The first-order chi connectivity index (χ1) is 8.29. The number of para-hydroxylation sites is 1. The van der Waals surface area contributed by atoms with Gasteiger partial charge < -0.3 is 10.2 Å². The third kappa shape index (κ3) is 1.65. The van der Waals surface area contributed by atoms with Crippen molar-refractivity contribution in [2.24, 2.45) is 0 Å². The number of nitrogens with zero attached hydrogens (tertiary/aromatic N) is 1. The average molecular weight is 267 g/mol. The SMILES string of the molecule is CCN1C(=O)C2(CCNCC2)c2ccccc21.Cl. The number of carbonyl (C=O) groups is 1. The molecule has 2 aliphatic heterocycles. The predicted octanol–water partition coefficient (Wildman–Crippen LogP) is 2.10. The van der Waals surface area contributed by atoms with E-state index in [4.69, 9.17) is 0 Å². The Labute approximate surface area is 114 Å². The molecule has 2 aliphatic rings. The molecule has 0 radical (unpaired) electrons. The zero-order chi connectivity index (χ0) is 11.9. The smallest absolute Gasteiger partial charge is 0.237 e. The number of piperidine rings is 1. The fourth-order valence-corrected chi connectivity index (χ4v) is 3.25. The van der Waals surface area contributed by atoms with E-state index in [2.05, 4.69) is 30.4 Å². The van der Waals surface area contributed by atoms with E-state index in [9.17, 15) is 4.79 Å². The average Bonchev–Trinajstić information content (AvgIpc) is 2.61. The molecule has 0 aromatic heterocycles. The van der Waals surface area contributed by atoms with Crippen molar-refractivity contribution >= 4 is 24.0 Å². The Morgan fingerprint density at radius 2 is 1.94 bits per heavy atom.